The summed E-state index contributed by atoms with van der Waals surface area (Å²) in [6.07, 6.45) is 16.5. The molecule has 37 heavy (non-hydrogen) atoms. The van der Waals surface area contributed by atoms with Gasteiger partial charge < -0.3 is 4.74 Å². The van der Waals surface area contributed by atoms with E-state index in [0.29, 0.717) is 19.4 Å². The normalized spacial score (nSPS) is 10.9. The largest absolute Gasteiger partial charge is 0.466 e. The summed E-state index contributed by atoms with van der Waals surface area (Å²) in [5.41, 5.74) is 3.98. The lowest BCUT2D eigenvalue weighted by Gasteiger charge is -2.23. The lowest BCUT2D eigenvalue weighted by Crippen LogP contribution is -2.25. The van der Waals surface area contributed by atoms with E-state index in [2.05, 4.69) is 6.92 Å². The fourth-order valence-electron chi connectivity index (χ4n) is 4.52. The van der Waals surface area contributed by atoms with Gasteiger partial charge in [0.2, 0.25) is 5.91 Å². The number of esters is 1. The molecule has 0 heterocycles. The number of rotatable bonds is 19. The average molecular weight is 508 g/mol. The van der Waals surface area contributed by atoms with Crippen molar-refractivity contribution in [1.29, 1.82) is 0 Å². The number of unbranched alkanes of at least 4 members (excludes halogenated alkanes) is 11. The van der Waals surface area contributed by atoms with Gasteiger partial charge in [-0.1, -0.05) is 113 Å². The monoisotopic (exact) mass is 507 g/mol. The standard InChI is InChI=1S/C33H49NO3/c1-4-5-6-7-8-9-10-11-12-13-14-15-27-37-33(36)18-16-17-32(35)34(30-23-19-28(2)20-24-30)31-25-21-29(3)22-26-31/h19-26H,4-18,27H2,1-3H3. The molecule has 4 nitrogen and oxygen atoms in total. The van der Waals surface area contributed by atoms with Crippen LogP contribution in [0.1, 0.15) is 114 Å². The topological polar surface area (TPSA) is 46.6 Å². The molecule has 0 aliphatic carbocycles. The molecule has 0 unspecified atom stereocenters. The van der Waals surface area contributed by atoms with Crippen LogP contribution >= 0.6 is 0 Å². The molecule has 0 aliphatic rings. The van der Waals surface area contributed by atoms with E-state index in [1.807, 2.05) is 62.4 Å². The number of ether oxygens (including phenoxy) is 1. The van der Waals surface area contributed by atoms with Crippen LogP contribution in [-0.4, -0.2) is 18.5 Å². The fourth-order valence-corrected chi connectivity index (χ4v) is 4.52. The number of carbonyl (C=O) groups is 2. The van der Waals surface area contributed by atoms with Crippen LogP contribution < -0.4 is 4.90 Å². The Labute approximate surface area is 225 Å². The molecule has 0 N–H and O–H groups in total. The molecule has 204 valence electrons. The molecule has 0 aromatic heterocycles. The first-order chi connectivity index (χ1) is 18.0. The predicted molar refractivity (Wildman–Crippen MR) is 155 cm³/mol. The van der Waals surface area contributed by atoms with E-state index >= 15 is 0 Å². The van der Waals surface area contributed by atoms with Crippen LogP contribution in [0.15, 0.2) is 48.5 Å². The van der Waals surface area contributed by atoms with Crippen molar-refractivity contribution < 1.29 is 14.3 Å². The Hall–Kier alpha value is -2.62. The summed E-state index contributed by atoms with van der Waals surface area (Å²) < 4.78 is 5.41. The van der Waals surface area contributed by atoms with E-state index in [1.165, 1.54) is 64.2 Å². The van der Waals surface area contributed by atoms with Crippen LogP contribution in [0.5, 0.6) is 0 Å². The van der Waals surface area contributed by atoms with Crippen LogP contribution in [0.25, 0.3) is 0 Å². The Kier molecular flexibility index (Phi) is 15.4. The van der Waals surface area contributed by atoms with E-state index in [0.717, 1.165) is 35.3 Å². The second-order valence-corrected chi connectivity index (χ2v) is 10.4. The molecule has 2 aromatic rings. The highest BCUT2D eigenvalue weighted by molar-refractivity contribution is 6.00. The summed E-state index contributed by atoms with van der Waals surface area (Å²) in [7, 11) is 0. The third-order valence-corrected chi connectivity index (χ3v) is 6.87. The summed E-state index contributed by atoms with van der Waals surface area (Å²) in [5, 5.41) is 0. The maximum absolute atomic E-state index is 13.2. The molecule has 0 saturated heterocycles. The highest BCUT2D eigenvalue weighted by atomic mass is 16.5. The van der Waals surface area contributed by atoms with Gasteiger partial charge in [-0.25, -0.2) is 0 Å². The summed E-state index contributed by atoms with van der Waals surface area (Å²) >= 11 is 0. The molecular formula is C33H49NO3. The number of anilines is 2. The Balaban J connectivity index is 1.60. The van der Waals surface area contributed by atoms with Crippen molar-refractivity contribution in [2.75, 3.05) is 11.5 Å². The summed E-state index contributed by atoms with van der Waals surface area (Å²) in [6.45, 7) is 6.82. The zero-order chi connectivity index (χ0) is 26.7. The third-order valence-electron chi connectivity index (χ3n) is 6.87. The van der Waals surface area contributed by atoms with E-state index in [-0.39, 0.29) is 18.3 Å². The number of benzene rings is 2. The minimum Gasteiger partial charge on any atom is -0.466 e. The first-order valence-corrected chi connectivity index (χ1v) is 14.6. The van der Waals surface area contributed by atoms with Crippen molar-refractivity contribution in [1.82, 2.24) is 0 Å². The zero-order valence-corrected chi connectivity index (χ0v) is 23.6. The lowest BCUT2D eigenvalue weighted by atomic mass is 10.1. The van der Waals surface area contributed by atoms with Gasteiger partial charge in [0.05, 0.1) is 6.61 Å². The number of amides is 1. The van der Waals surface area contributed by atoms with Gasteiger partial charge in [0.15, 0.2) is 0 Å². The number of aryl methyl sites for hydroxylation is 2. The molecule has 0 atom stereocenters. The number of hydrogen-bond donors (Lipinski definition) is 0. The lowest BCUT2D eigenvalue weighted by molar-refractivity contribution is -0.143. The van der Waals surface area contributed by atoms with Crippen LogP contribution in [0.4, 0.5) is 11.4 Å². The molecule has 0 radical (unpaired) electrons. The first-order valence-electron chi connectivity index (χ1n) is 14.6. The van der Waals surface area contributed by atoms with E-state index in [9.17, 15) is 9.59 Å². The van der Waals surface area contributed by atoms with Crippen molar-refractivity contribution >= 4 is 23.3 Å². The summed E-state index contributed by atoms with van der Waals surface area (Å²) in [6, 6.07) is 15.9. The minimum absolute atomic E-state index is 0.0125. The number of hydrogen-bond acceptors (Lipinski definition) is 3. The van der Waals surface area contributed by atoms with Crippen LogP contribution in [0, 0.1) is 13.8 Å². The molecule has 0 aliphatic heterocycles. The maximum Gasteiger partial charge on any atom is 0.305 e. The molecule has 0 saturated carbocycles. The first kappa shape index (κ1) is 30.6. The van der Waals surface area contributed by atoms with Crippen molar-refractivity contribution in [3.8, 4) is 0 Å². The van der Waals surface area contributed by atoms with Gasteiger partial charge in [-0.15, -0.1) is 0 Å². The van der Waals surface area contributed by atoms with Crippen LogP contribution in [-0.2, 0) is 14.3 Å². The Morgan fingerprint density at radius 1 is 0.595 bits per heavy atom. The summed E-state index contributed by atoms with van der Waals surface area (Å²) in [4.78, 5) is 27.1. The van der Waals surface area contributed by atoms with E-state index in [1.54, 1.807) is 4.90 Å². The molecular weight excluding hydrogens is 458 g/mol. The van der Waals surface area contributed by atoms with Gasteiger partial charge in [-0.3, -0.25) is 14.5 Å². The van der Waals surface area contributed by atoms with Gasteiger partial charge in [0.25, 0.3) is 0 Å². The third kappa shape index (κ3) is 13.0. The molecule has 1 amide bonds. The predicted octanol–water partition coefficient (Wildman–Crippen LogP) is 9.38. The average Bonchev–Trinajstić information content (AvgIpc) is 2.89. The number of carbonyl (C=O) groups excluding carboxylic acids is 2. The smallest absolute Gasteiger partial charge is 0.305 e. The van der Waals surface area contributed by atoms with Gasteiger partial charge in [-0.05, 0) is 51.0 Å². The van der Waals surface area contributed by atoms with Gasteiger partial charge in [-0.2, -0.15) is 0 Å². The molecule has 4 heteroatoms. The van der Waals surface area contributed by atoms with Gasteiger partial charge in [0, 0.05) is 24.2 Å². The second kappa shape index (κ2) is 18.6. The van der Waals surface area contributed by atoms with E-state index < -0.39 is 0 Å². The second-order valence-electron chi connectivity index (χ2n) is 10.4. The van der Waals surface area contributed by atoms with Gasteiger partial charge >= 0.3 is 5.97 Å². The van der Waals surface area contributed by atoms with Crippen LogP contribution in [0.3, 0.4) is 0 Å². The molecule has 0 fully saturated rings. The fraction of sp³-hybridized carbons (Fsp3) is 0.576. The molecule has 2 aromatic carbocycles. The minimum atomic E-state index is -0.201. The molecule has 0 spiro atoms. The molecule has 0 bridgehead atoms. The Morgan fingerprint density at radius 3 is 1.49 bits per heavy atom. The van der Waals surface area contributed by atoms with Crippen molar-refractivity contribution in [3.63, 3.8) is 0 Å². The van der Waals surface area contributed by atoms with Crippen molar-refractivity contribution in [2.45, 2.75) is 117 Å². The van der Waals surface area contributed by atoms with Crippen molar-refractivity contribution in [3.05, 3.63) is 59.7 Å². The Bertz CT molecular complexity index is 843. The Morgan fingerprint density at radius 2 is 1.03 bits per heavy atom. The van der Waals surface area contributed by atoms with Gasteiger partial charge in [0.1, 0.15) is 0 Å². The quantitative estimate of drug-likeness (QED) is 0.140. The maximum atomic E-state index is 13.2. The van der Waals surface area contributed by atoms with E-state index in [4.69, 9.17) is 4.74 Å². The SMILES string of the molecule is CCCCCCCCCCCCCCOC(=O)CCCC(=O)N(c1ccc(C)cc1)c1ccc(C)cc1. The highest BCUT2D eigenvalue weighted by Crippen LogP contribution is 2.27. The summed E-state index contributed by atoms with van der Waals surface area (Å²) in [5.74, 6) is -0.213. The highest BCUT2D eigenvalue weighted by Gasteiger charge is 2.18. The van der Waals surface area contributed by atoms with Crippen molar-refractivity contribution in [2.24, 2.45) is 0 Å². The molecule has 2 rings (SSSR count). The zero-order valence-electron chi connectivity index (χ0n) is 23.6. The number of nitrogens with zero attached hydrogens (tertiary/aromatic N) is 1. The van der Waals surface area contributed by atoms with Crippen LogP contribution in [0.2, 0.25) is 0 Å².